The van der Waals surface area contributed by atoms with Gasteiger partial charge in [0.05, 0.1) is 7.11 Å². The maximum atomic E-state index is 13.9. The number of hydrogen-bond acceptors (Lipinski definition) is 9. The van der Waals surface area contributed by atoms with E-state index in [4.69, 9.17) is 25.5 Å². The van der Waals surface area contributed by atoms with Crippen molar-refractivity contribution in [1.82, 2.24) is 5.32 Å². The summed E-state index contributed by atoms with van der Waals surface area (Å²) in [7, 11) is 1.50. The molecule has 0 aromatic heterocycles. The van der Waals surface area contributed by atoms with Crippen LogP contribution in [0.3, 0.4) is 0 Å². The Hall–Kier alpha value is -5.84. The molecule has 4 aromatic rings. The SMILES string of the molecule is COc1cc([C@H](Nc2ccc(C(=N)N)cc2)C(=O)N[C@@H](Cc2ccccc2)C(=O)OOC(C)=O)ccc1OCc1ccccc1. The summed E-state index contributed by atoms with van der Waals surface area (Å²) in [6.45, 7) is 1.41. The smallest absolute Gasteiger partial charge is 0.377 e. The van der Waals surface area contributed by atoms with Crippen molar-refractivity contribution in [2.75, 3.05) is 12.4 Å². The third-order valence-electron chi connectivity index (χ3n) is 6.65. The molecule has 232 valence electrons. The summed E-state index contributed by atoms with van der Waals surface area (Å²) in [5.74, 6) is -1.57. The molecule has 0 saturated heterocycles. The second kappa shape index (κ2) is 15.6. The zero-order valence-corrected chi connectivity index (χ0v) is 24.8. The molecule has 0 spiro atoms. The zero-order valence-electron chi connectivity index (χ0n) is 24.8. The average Bonchev–Trinajstić information content (AvgIpc) is 3.05. The molecule has 0 aliphatic carbocycles. The van der Waals surface area contributed by atoms with Crippen LogP contribution in [0.2, 0.25) is 0 Å². The van der Waals surface area contributed by atoms with Crippen LogP contribution in [-0.4, -0.2) is 36.8 Å². The fourth-order valence-electron chi connectivity index (χ4n) is 4.39. The van der Waals surface area contributed by atoms with E-state index in [9.17, 15) is 14.4 Å². The number of nitrogens with one attached hydrogen (secondary N) is 3. The van der Waals surface area contributed by atoms with Crippen molar-refractivity contribution >= 4 is 29.4 Å². The van der Waals surface area contributed by atoms with Gasteiger partial charge >= 0.3 is 11.9 Å². The van der Waals surface area contributed by atoms with E-state index in [-0.39, 0.29) is 12.3 Å². The first kappa shape index (κ1) is 32.1. The lowest BCUT2D eigenvalue weighted by molar-refractivity contribution is -0.258. The molecule has 11 heteroatoms. The van der Waals surface area contributed by atoms with Crippen LogP contribution in [0.5, 0.6) is 11.5 Å². The summed E-state index contributed by atoms with van der Waals surface area (Å²) in [6, 6.07) is 28.2. The standard InChI is InChI=1S/C34H34N4O7/c1-22(39)44-45-34(41)28(19-23-9-5-3-6-10-23)38-33(40)31(37-27-16-13-25(14-17-27)32(35)36)26-15-18-29(30(20-26)42-2)43-21-24-11-7-4-8-12-24/h3-18,20,28,31,37H,19,21H2,1-2H3,(H3,35,36)(H,38,40)/t28-,31-/m0/s1. The molecule has 5 N–H and O–H groups in total. The first-order valence-corrected chi connectivity index (χ1v) is 14.0. The van der Waals surface area contributed by atoms with Crippen molar-refractivity contribution in [3.05, 3.63) is 125 Å². The Balaban J connectivity index is 1.64. The van der Waals surface area contributed by atoms with Crippen molar-refractivity contribution in [1.29, 1.82) is 5.41 Å². The van der Waals surface area contributed by atoms with Gasteiger partial charge in [0.25, 0.3) is 0 Å². The molecule has 0 heterocycles. The topological polar surface area (TPSA) is 162 Å². The lowest BCUT2D eigenvalue weighted by Gasteiger charge is -2.24. The number of amides is 1. The highest BCUT2D eigenvalue weighted by atomic mass is 17.2. The molecule has 1 amide bonds. The number of carbonyl (C=O) groups excluding carboxylic acids is 3. The Labute approximate surface area is 260 Å². The minimum absolute atomic E-state index is 0.0717. The van der Waals surface area contributed by atoms with E-state index >= 15 is 0 Å². The molecular weight excluding hydrogens is 576 g/mol. The second-order valence-electron chi connectivity index (χ2n) is 9.98. The molecule has 4 aromatic carbocycles. The fraction of sp³-hybridized carbons (Fsp3) is 0.176. The maximum Gasteiger partial charge on any atom is 0.377 e. The van der Waals surface area contributed by atoms with Gasteiger partial charge in [-0.3, -0.25) is 10.2 Å². The van der Waals surface area contributed by atoms with Crippen LogP contribution in [0.25, 0.3) is 0 Å². The number of ether oxygens (including phenoxy) is 2. The lowest BCUT2D eigenvalue weighted by Crippen LogP contribution is -2.46. The van der Waals surface area contributed by atoms with Crippen molar-refractivity contribution < 1.29 is 33.6 Å². The van der Waals surface area contributed by atoms with Gasteiger partial charge in [-0.2, -0.15) is 0 Å². The number of rotatable bonds is 13. The van der Waals surface area contributed by atoms with Gasteiger partial charge in [0.2, 0.25) is 5.91 Å². The number of anilines is 1. The van der Waals surface area contributed by atoms with Gasteiger partial charge in [-0.05, 0) is 53.1 Å². The van der Waals surface area contributed by atoms with E-state index in [2.05, 4.69) is 15.5 Å². The zero-order chi connectivity index (χ0) is 32.2. The predicted octanol–water partition coefficient (Wildman–Crippen LogP) is 4.46. The molecule has 0 unspecified atom stereocenters. The van der Waals surface area contributed by atoms with Crippen LogP contribution >= 0.6 is 0 Å². The van der Waals surface area contributed by atoms with Crippen LogP contribution in [0.15, 0.2) is 103 Å². The lowest BCUT2D eigenvalue weighted by atomic mass is 10.0. The molecule has 4 rings (SSSR count). The summed E-state index contributed by atoms with van der Waals surface area (Å²) in [5.41, 5.74) is 8.88. The highest BCUT2D eigenvalue weighted by molar-refractivity contribution is 5.95. The highest BCUT2D eigenvalue weighted by Crippen LogP contribution is 2.32. The molecule has 45 heavy (non-hydrogen) atoms. The van der Waals surface area contributed by atoms with Crippen LogP contribution in [-0.2, 0) is 37.2 Å². The number of nitrogens with two attached hydrogens (primary N) is 1. The van der Waals surface area contributed by atoms with Gasteiger partial charge in [0.1, 0.15) is 24.5 Å². The van der Waals surface area contributed by atoms with E-state index in [0.717, 1.165) is 18.1 Å². The maximum absolute atomic E-state index is 13.9. The Morgan fingerprint density at radius 1 is 0.822 bits per heavy atom. The Morgan fingerprint density at radius 2 is 1.47 bits per heavy atom. The molecule has 11 nitrogen and oxygen atoms in total. The number of methoxy groups -OCH3 is 1. The number of hydrogen-bond donors (Lipinski definition) is 4. The summed E-state index contributed by atoms with van der Waals surface area (Å²) in [6.07, 6.45) is 0.0717. The monoisotopic (exact) mass is 610 g/mol. The predicted molar refractivity (Wildman–Crippen MR) is 168 cm³/mol. The van der Waals surface area contributed by atoms with Gasteiger partial charge < -0.3 is 25.8 Å². The van der Waals surface area contributed by atoms with Crippen molar-refractivity contribution in [2.45, 2.75) is 32.0 Å². The molecular formula is C34H34N4O7. The summed E-state index contributed by atoms with van der Waals surface area (Å²) in [4.78, 5) is 47.3. The molecule has 0 aliphatic rings. The molecule has 0 fully saturated rings. The van der Waals surface area contributed by atoms with E-state index < -0.39 is 29.9 Å². The Kier molecular flexibility index (Phi) is 11.1. The van der Waals surface area contributed by atoms with E-state index in [1.54, 1.807) is 66.7 Å². The molecule has 0 bridgehead atoms. The van der Waals surface area contributed by atoms with Gasteiger partial charge in [-0.1, -0.05) is 66.7 Å². The fourth-order valence-corrected chi connectivity index (χ4v) is 4.39. The van der Waals surface area contributed by atoms with Crippen molar-refractivity contribution in [3.63, 3.8) is 0 Å². The van der Waals surface area contributed by atoms with E-state index in [1.165, 1.54) is 7.11 Å². The highest BCUT2D eigenvalue weighted by Gasteiger charge is 2.30. The third kappa shape index (κ3) is 9.32. The number of benzene rings is 4. The molecule has 2 atom stereocenters. The van der Waals surface area contributed by atoms with Crippen LogP contribution < -0.4 is 25.8 Å². The number of carbonyl (C=O) groups is 3. The van der Waals surface area contributed by atoms with Gasteiger partial charge in [0, 0.05) is 24.6 Å². The van der Waals surface area contributed by atoms with Gasteiger partial charge in [0.15, 0.2) is 11.5 Å². The van der Waals surface area contributed by atoms with Crippen molar-refractivity contribution in [3.8, 4) is 11.5 Å². The number of amidine groups is 1. The van der Waals surface area contributed by atoms with Gasteiger partial charge in [-0.25, -0.2) is 19.4 Å². The molecule has 0 saturated carbocycles. The Bertz CT molecular complexity index is 1610. The normalized spacial score (nSPS) is 11.8. The van der Waals surface area contributed by atoms with E-state index in [0.29, 0.717) is 34.9 Å². The summed E-state index contributed by atoms with van der Waals surface area (Å²) in [5, 5.41) is 13.6. The molecule has 0 aliphatic heterocycles. The van der Waals surface area contributed by atoms with Crippen LogP contribution in [0.4, 0.5) is 5.69 Å². The largest absolute Gasteiger partial charge is 0.493 e. The van der Waals surface area contributed by atoms with Crippen LogP contribution in [0, 0.1) is 5.41 Å². The second-order valence-corrected chi connectivity index (χ2v) is 9.98. The first-order chi connectivity index (χ1) is 21.7. The first-order valence-electron chi connectivity index (χ1n) is 14.0. The quantitative estimate of drug-likeness (QED) is 0.0741. The van der Waals surface area contributed by atoms with Crippen molar-refractivity contribution in [2.24, 2.45) is 5.73 Å². The average molecular weight is 611 g/mol. The molecule has 0 radical (unpaired) electrons. The van der Waals surface area contributed by atoms with E-state index in [1.807, 2.05) is 36.4 Å². The minimum Gasteiger partial charge on any atom is -0.493 e. The summed E-state index contributed by atoms with van der Waals surface area (Å²) >= 11 is 0. The van der Waals surface area contributed by atoms with Gasteiger partial charge in [-0.15, -0.1) is 0 Å². The third-order valence-corrected chi connectivity index (χ3v) is 6.65. The van der Waals surface area contributed by atoms with Crippen LogP contribution in [0.1, 0.15) is 35.2 Å². The minimum atomic E-state index is -1.20. The summed E-state index contributed by atoms with van der Waals surface area (Å²) < 4.78 is 11.6. The number of nitrogen functional groups attached to an aromatic ring is 1. The Morgan fingerprint density at radius 3 is 2.07 bits per heavy atom.